The molecule has 1 aliphatic rings. The van der Waals surface area contributed by atoms with E-state index >= 15 is 0 Å². The van der Waals surface area contributed by atoms with Crippen LogP contribution in [0.4, 0.5) is 5.82 Å². The predicted octanol–water partition coefficient (Wildman–Crippen LogP) is 1.70. The number of piperidine rings is 1. The number of nitrogens with one attached hydrogen (secondary N) is 1. The van der Waals surface area contributed by atoms with Crippen molar-refractivity contribution in [2.75, 3.05) is 20.1 Å². The Kier molecular flexibility index (Phi) is 4.56. The van der Waals surface area contributed by atoms with Crippen LogP contribution in [-0.2, 0) is 4.79 Å². The fourth-order valence-corrected chi connectivity index (χ4v) is 3.20. The van der Waals surface area contributed by atoms with E-state index in [1.807, 2.05) is 30.0 Å². The third-order valence-corrected chi connectivity index (χ3v) is 4.68. The van der Waals surface area contributed by atoms with E-state index in [0.717, 1.165) is 29.8 Å². The highest BCUT2D eigenvalue weighted by Gasteiger charge is 2.29. The minimum Gasteiger partial charge on any atom is -0.346 e. The summed E-state index contributed by atoms with van der Waals surface area (Å²) in [4.78, 5) is 25.5. The van der Waals surface area contributed by atoms with Gasteiger partial charge >= 0.3 is 5.82 Å². The number of carbonyl (C=O) groups excluding carboxylic acids is 1. The van der Waals surface area contributed by atoms with Crippen LogP contribution in [0.5, 0.6) is 0 Å². The lowest BCUT2D eigenvalue weighted by Crippen LogP contribution is -2.44. The van der Waals surface area contributed by atoms with Crippen LogP contribution in [0.3, 0.4) is 0 Å². The first-order chi connectivity index (χ1) is 11.6. The fourth-order valence-electron chi connectivity index (χ4n) is 3.20. The Labute approximate surface area is 140 Å². The number of hydrogen-bond acceptors (Lipinski definition) is 4. The number of fused-ring (bicyclic) bond motifs is 1. The summed E-state index contributed by atoms with van der Waals surface area (Å²) < 4.78 is 2.01. The van der Waals surface area contributed by atoms with Crippen molar-refractivity contribution >= 4 is 29.0 Å². The number of nitriles is 1. The smallest absolute Gasteiger partial charge is 0.335 e. The number of aromatic amines is 1. The summed E-state index contributed by atoms with van der Waals surface area (Å²) in [6, 6.07) is 3.90. The van der Waals surface area contributed by atoms with Crippen molar-refractivity contribution in [3.63, 3.8) is 0 Å². The van der Waals surface area contributed by atoms with E-state index in [4.69, 9.17) is 5.26 Å². The van der Waals surface area contributed by atoms with Crippen molar-refractivity contribution in [3.05, 3.63) is 18.6 Å². The third-order valence-electron chi connectivity index (χ3n) is 4.68. The van der Waals surface area contributed by atoms with E-state index in [9.17, 15) is 4.79 Å². The molecule has 1 amide bonds. The highest BCUT2D eigenvalue weighted by atomic mass is 16.2. The molecule has 1 N–H and O–H groups in total. The molecule has 2 aromatic rings. The van der Waals surface area contributed by atoms with E-state index in [1.165, 1.54) is 0 Å². The average molecular weight is 325 g/mol. The van der Waals surface area contributed by atoms with Gasteiger partial charge in [-0.3, -0.25) is 4.79 Å². The summed E-state index contributed by atoms with van der Waals surface area (Å²) in [5.41, 5.74) is 0.808. The topological polar surface area (TPSA) is 88.7 Å². The quantitative estimate of drug-likeness (QED) is 0.687. The van der Waals surface area contributed by atoms with Crippen LogP contribution in [0.1, 0.15) is 19.8 Å². The SMILES string of the molecule is C[C@@H]1CCN(C(=O)CC#N)CC1C=[N+](C)c1ncnc2[nH]ccc12. The van der Waals surface area contributed by atoms with E-state index in [1.54, 1.807) is 11.2 Å². The summed E-state index contributed by atoms with van der Waals surface area (Å²) in [5.74, 6) is 1.46. The Morgan fingerprint density at radius 2 is 2.42 bits per heavy atom. The number of rotatable bonds is 3. The summed E-state index contributed by atoms with van der Waals surface area (Å²) in [6.45, 7) is 3.58. The minimum absolute atomic E-state index is 0.0488. The van der Waals surface area contributed by atoms with Crippen LogP contribution in [0.25, 0.3) is 11.0 Å². The van der Waals surface area contributed by atoms with Gasteiger partial charge in [0.05, 0.1) is 19.3 Å². The molecule has 0 bridgehead atoms. The van der Waals surface area contributed by atoms with Gasteiger partial charge < -0.3 is 9.88 Å². The molecule has 1 saturated heterocycles. The van der Waals surface area contributed by atoms with Crippen molar-refractivity contribution in [2.45, 2.75) is 19.8 Å². The molecule has 24 heavy (non-hydrogen) atoms. The van der Waals surface area contributed by atoms with Crippen molar-refractivity contribution in [1.82, 2.24) is 19.9 Å². The second-order valence-electron chi connectivity index (χ2n) is 6.30. The fraction of sp³-hybridized carbons (Fsp3) is 0.471. The molecule has 2 atom stereocenters. The monoisotopic (exact) mass is 325 g/mol. The number of hydrogen-bond donors (Lipinski definition) is 1. The molecular weight excluding hydrogens is 304 g/mol. The Morgan fingerprint density at radius 3 is 3.21 bits per heavy atom. The number of aromatic nitrogens is 3. The van der Waals surface area contributed by atoms with Gasteiger partial charge in [0.1, 0.15) is 17.5 Å². The first-order valence-corrected chi connectivity index (χ1v) is 8.10. The largest absolute Gasteiger partial charge is 0.346 e. The zero-order valence-corrected chi connectivity index (χ0v) is 13.9. The summed E-state index contributed by atoms with van der Waals surface area (Å²) in [6.07, 6.45) is 6.42. The van der Waals surface area contributed by atoms with E-state index < -0.39 is 0 Å². The van der Waals surface area contributed by atoms with Crippen molar-refractivity contribution in [2.24, 2.45) is 11.8 Å². The summed E-state index contributed by atoms with van der Waals surface area (Å²) in [7, 11) is 1.97. The first kappa shape index (κ1) is 16.1. The lowest BCUT2D eigenvalue weighted by molar-refractivity contribution is -0.405. The third kappa shape index (κ3) is 3.13. The second-order valence-corrected chi connectivity index (χ2v) is 6.30. The molecule has 7 nitrogen and oxygen atoms in total. The molecule has 0 radical (unpaired) electrons. The van der Waals surface area contributed by atoms with E-state index in [-0.39, 0.29) is 18.2 Å². The molecule has 3 heterocycles. The maximum absolute atomic E-state index is 12.0. The molecule has 7 heteroatoms. The van der Waals surface area contributed by atoms with Crippen LogP contribution in [0, 0.1) is 23.2 Å². The number of carbonyl (C=O) groups is 1. The molecule has 124 valence electrons. The van der Waals surface area contributed by atoms with Crippen LogP contribution in [0.2, 0.25) is 0 Å². The Bertz CT molecular complexity index is 818. The molecule has 0 aliphatic carbocycles. The van der Waals surface area contributed by atoms with Crippen LogP contribution >= 0.6 is 0 Å². The normalized spacial score (nSPS) is 21.7. The van der Waals surface area contributed by atoms with Gasteiger partial charge in [-0.15, -0.1) is 0 Å². The Balaban J connectivity index is 1.84. The van der Waals surface area contributed by atoms with Crippen molar-refractivity contribution < 1.29 is 9.37 Å². The van der Waals surface area contributed by atoms with Gasteiger partial charge in [0.25, 0.3) is 0 Å². The van der Waals surface area contributed by atoms with Gasteiger partial charge in [-0.1, -0.05) is 6.92 Å². The van der Waals surface area contributed by atoms with Gasteiger partial charge in [-0.05, 0) is 23.4 Å². The average Bonchev–Trinajstić information content (AvgIpc) is 3.05. The number of likely N-dealkylation sites (tertiary alicyclic amines) is 1. The second kappa shape index (κ2) is 6.79. The molecular formula is C17H21N6O+. The first-order valence-electron chi connectivity index (χ1n) is 8.10. The van der Waals surface area contributed by atoms with Crippen LogP contribution in [0.15, 0.2) is 18.6 Å². The molecule has 0 saturated carbocycles. The van der Waals surface area contributed by atoms with E-state index in [2.05, 4.69) is 28.1 Å². The standard InChI is InChI=1S/C17H21N6O/c1-12-5-8-23(15(24)3-6-18)10-13(12)9-22(2)17-14-4-7-19-16(14)20-11-21-17/h4,7,9,11-13H,3,5,8,10H2,1-2H3,(H,19,20,21)/q+1/t12-,13?/m1/s1. The van der Waals surface area contributed by atoms with Gasteiger partial charge in [0.2, 0.25) is 12.2 Å². The highest BCUT2D eigenvalue weighted by molar-refractivity contribution is 5.83. The lowest BCUT2D eigenvalue weighted by atomic mass is 9.87. The van der Waals surface area contributed by atoms with Crippen molar-refractivity contribution in [3.8, 4) is 6.07 Å². The molecule has 1 unspecified atom stereocenters. The molecule has 0 spiro atoms. The van der Waals surface area contributed by atoms with Gasteiger partial charge in [0, 0.05) is 25.2 Å². The summed E-state index contributed by atoms with van der Waals surface area (Å²) in [5, 5.41) is 9.70. The van der Waals surface area contributed by atoms with Gasteiger partial charge in [-0.25, -0.2) is 4.58 Å². The number of nitrogens with zero attached hydrogens (tertiary/aromatic N) is 5. The molecule has 3 rings (SSSR count). The maximum atomic E-state index is 12.0. The summed E-state index contributed by atoms with van der Waals surface area (Å²) >= 11 is 0. The Hall–Kier alpha value is -2.75. The molecule has 2 aromatic heterocycles. The van der Waals surface area contributed by atoms with E-state index in [0.29, 0.717) is 12.5 Å². The maximum Gasteiger partial charge on any atom is 0.335 e. The van der Waals surface area contributed by atoms with Gasteiger partial charge in [0.15, 0.2) is 0 Å². The zero-order chi connectivity index (χ0) is 17.1. The zero-order valence-electron chi connectivity index (χ0n) is 13.9. The van der Waals surface area contributed by atoms with Crippen LogP contribution < -0.4 is 0 Å². The lowest BCUT2D eigenvalue weighted by Gasteiger charge is -2.34. The predicted molar refractivity (Wildman–Crippen MR) is 89.9 cm³/mol. The molecule has 1 fully saturated rings. The van der Waals surface area contributed by atoms with Crippen LogP contribution in [-0.4, -0.2) is 56.7 Å². The Morgan fingerprint density at radius 1 is 1.58 bits per heavy atom. The minimum atomic E-state index is -0.0829. The number of H-pyrrole nitrogens is 1. The molecule has 0 aromatic carbocycles. The van der Waals surface area contributed by atoms with Crippen molar-refractivity contribution in [1.29, 1.82) is 5.26 Å². The van der Waals surface area contributed by atoms with Gasteiger partial charge in [-0.2, -0.15) is 10.2 Å². The number of amides is 1. The molecule has 1 aliphatic heterocycles. The highest BCUT2D eigenvalue weighted by Crippen LogP contribution is 2.24.